The number of nitrogens with one attached hydrogen (secondary N) is 1. The zero-order valence-electron chi connectivity index (χ0n) is 17.3. The largest absolute Gasteiger partial charge is 0.406 e. The summed E-state index contributed by atoms with van der Waals surface area (Å²) < 4.78 is 38.2. The topological polar surface area (TPSA) is 52.7 Å². The maximum absolute atomic E-state index is 12.7. The molecule has 1 heterocycles. The van der Waals surface area contributed by atoms with Crippen molar-refractivity contribution in [2.24, 2.45) is 5.92 Å². The molecule has 1 saturated heterocycles. The molecule has 1 aromatic rings. The second-order valence-electron chi connectivity index (χ2n) is 7.68. The van der Waals surface area contributed by atoms with Crippen molar-refractivity contribution in [3.05, 3.63) is 35.4 Å². The Hall–Kier alpha value is -2.09. The lowest BCUT2D eigenvalue weighted by Crippen LogP contribution is -2.52. The van der Waals surface area contributed by atoms with E-state index in [1.54, 1.807) is 13.8 Å². The fraction of sp³-hybridized carbons (Fsp3) is 0.619. The fourth-order valence-electron chi connectivity index (χ4n) is 3.59. The molecular formula is C21H30F3N3O2. The molecule has 29 heavy (non-hydrogen) atoms. The normalized spacial score (nSPS) is 18.9. The van der Waals surface area contributed by atoms with Crippen LogP contribution < -0.4 is 5.32 Å². The first-order valence-electron chi connectivity index (χ1n) is 10.0. The molecule has 1 aromatic carbocycles. The van der Waals surface area contributed by atoms with Gasteiger partial charge in [-0.2, -0.15) is 13.2 Å². The van der Waals surface area contributed by atoms with Crippen LogP contribution in [0.2, 0.25) is 0 Å². The van der Waals surface area contributed by atoms with Gasteiger partial charge >= 0.3 is 6.18 Å². The molecular weight excluding hydrogens is 383 g/mol. The Kier molecular flexibility index (Phi) is 8.07. The van der Waals surface area contributed by atoms with Gasteiger partial charge in [-0.3, -0.25) is 14.5 Å². The third-order valence-electron chi connectivity index (χ3n) is 5.38. The zero-order valence-corrected chi connectivity index (χ0v) is 17.3. The second-order valence-corrected chi connectivity index (χ2v) is 7.68. The highest BCUT2D eigenvalue weighted by Crippen LogP contribution is 2.23. The predicted octanol–water partition coefficient (Wildman–Crippen LogP) is 3.12. The molecule has 8 heteroatoms. The highest BCUT2D eigenvalue weighted by molar-refractivity contribution is 5.82. The number of alkyl halides is 3. The molecule has 0 unspecified atom stereocenters. The van der Waals surface area contributed by atoms with Crippen molar-refractivity contribution >= 4 is 11.8 Å². The van der Waals surface area contributed by atoms with Crippen molar-refractivity contribution in [2.75, 3.05) is 26.2 Å². The number of rotatable bonds is 7. The predicted molar refractivity (Wildman–Crippen MR) is 105 cm³/mol. The number of halogens is 3. The van der Waals surface area contributed by atoms with Gasteiger partial charge in [0.15, 0.2) is 0 Å². The van der Waals surface area contributed by atoms with Crippen LogP contribution in [0.25, 0.3) is 0 Å². The number of carbonyl (C=O) groups excluding carboxylic acids is 2. The maximum Gasteiger partial charge on any atom is 0.406 e. The number of hydrogen-bond donors (Lipinski definition) is 1. The van der Waals surface area contributed by atoms with E-state index in [0.29, 0.717) is 32.5 Å². The van der Waals surface area contributed by atoms with E-state index < -0.39 is 30.6 Å². The number of nitrogens with zero attached hydrogens (tertiary/aromatic N) is 2. The van der Waals surface area contributed by atoms with E-state index in [1.165, 1.54) is 0 Å². The van der Waals surface area contributed by atoms with Crippen molar-refractivity contribution < 1.29 is 22.8 Å². The second kappa shape index (κ2) is 10.1. The average Bonchev–Trinajstić information content (AvgIpc) is 2.69. The van der Waals surface area contributed by atoms with Crippen LogP contribution in [0.1, 0.15) is 37.8 Å². The van der Waals surface area contributed by atoms with Crippen LogP contribution in [0.5, 0.6) is 0 Å². The number of hydrogen-bond acceptors (Lipinski definition) is 3. The lowest BCUT2D eigenvalue weighted by Gasteiger charge is -2.37. The number of piperidine rings is 1. The lowest BCUT2D eigenvalue weighted by molar-refractivity contribution is -0.164. The Bertz CT molecular complexity index is 691. The van der Waals surface area contributed by atoms with Gasteiger partial charge in [0.2, 0.25) is 11.8 Å². The maximum atomic E-state index is 12.7. The van der Waals surface area contributed by atoms with Crippen LogP contribution >= 0.6 is 0 Å². The quantitative estimate of drug-likeness (QED) is 0.747. The molecule has 0 bridgehead atoms. The van der Waals surface area contributed by atoms with E-state index >= 15 is 0 Å². The Labute approximate surface area is 170 Å². The first-order chi connectivity index (χ1) is 13.6. The molecule has 1 aliphatic rings. The Morgan fingerprint density at radius 2 is 1.93 bits per heavy atom. The molecule has 2 atom stereocenters. The molecule has 1 fully saturated rings. The standard InChI is InChI=1S/C21H30F3N3O2/c1-4-26(14-21(22,23)24)20(29)18-6-5-11-27(13-18)16(3)19(28)25-12-17-9-7-15(2)8-10-17/h7-10,16,18H,4-6,11-14H2,1-3H3,(H,25,28)/t16-,18+/m1/s1. The highest BCUT2D eigenvalue weighted by Gasteiger charge is 2.37. The van der Waals surface area contributed by atoms with Crippen LogP contribution in [0, 0.1) is 12.8 Å². The fourth-order valence-corrected chi connectivity index (χ4v) is 3.59. The van der Waals surface area contributed by atoms with Gasteiger partial charge in [-0.25, -0.2) is 0 Å². The minimum absolute atomic E-state index is 0.0153. The van der Waals surface area contributed by atoms with Crippen molar-refractivity contribution in [3.63, 3.8) is 0 Å². The summed E-state index contributed by atoms with van der Waals surface area (Å²) in [6, 6.07) is 7.41. The minimum Gasteiger partial charge on any atom is -0.351 e. The summed E-state index contributed by atoms with van der Waals surface area (Å²) in [5.41, 5.74) is 2.14. The van der Waals surface area contributed by atoms with Crippen LogP contribution in [0.4, 0.5) is 13.2 Å². The first kappa shape index (κ1) is 23.2. The van der Waals surface area contributed by atoms with Crippen molar-refractivity contribution in [3.8, 4) is 0 Å². The van der Waals surface area contributed by atoms with Gasteiger partial charge in [-0.15, -0.1) is 0 Å². The van der Waals surface area contributed by atoms with Gasteiger partial charge in [-0.05, 0) is 45.7 Å². The highest BCUT2D eigenvalue weighted by atomic mass is 19.4. The van der Waals surface area contributed by atoms with Gasteiger partial charge in [0, 0.05) is 19.6 Å². The Morgan fingerprint density at radius 3 is 2.52 bits per heavy atom. The van der Waals surface area contributed by atoms with Crippen molar-refractivity contribution in [1.29, 1.82) is 0 Å². The van der Waals surface area contributed by atoms with Crippen molar-refractivity contribution in [1.82, 2.24) is 15.1 Å². The van der Waals surface area contributed by atoms with Crippen LogP contribution in [0.3, 0.4) is 0 Å². The van der Waals surface area contributed by atoms with E-state index in [0.717, 1.165) is 16.0 Å². The summed E-state index contributed by atoms with van der Waals surface area (Å²) in [5, 5.41) is 2.90. The lowest BCUT2D eigenvalue weighted by atomic mass is 9.95. The average molecular weight is 413 g/mol. The molecule has 0 saturated carbocycles. The van der Waals surface area contributed by atoms with E-state index in [1.807, 2.05) is 36.1 Å². The number of likely N-dealkylation sites (tertiary alicyclic amines) is 1. The molecule has 0 spiro atoms. The zero-order chi connectivity index (χ0) is 21.6. The summed E-state index contributed by atoms with van der Waals surface area (Å²) in [4.78, 5) is 27.9. The summed E-state index contributed by atoms with van der Waals surface area (Å²) in [7, 11) is 0. The van der Waals surface area contributed by atoms with Crippen LogP contribution in [-0.2, 0) is 16.1 Å². The molecule has 0 radical (unpaired) electrons. The number of benzene rings is 1. The van der Waals surface area contributed by atoms with Gasteiger partial charge < -0.3 is 10.2 Å². The monoisotopic (exact) mass is 413 g/mol. The van der Waals surface area contributed by atoms with E-state index in [9.17, 15) is 22.8 Å². The molecule has 1 N–H and O–H groups in total. The van der Waals surface area contributed by atoms with E-state index in [-0.39, 0.29) is 12.5 Å². The Morgan fingerprint density at radius 1 is 1.28 bits per heavy atom. The van der Waals surface area contributed by atoms with Crippen LogP contribution in [-0.4, -0.2) is 60.0 Å². The minimum atomic E-state index is -4.41. The molecule has 162 valence electrons. The molecule has 1 aliphatic heterocycles. The van der Waals surface area contributed by atoms with E-state index in [4.69, 9.17) is 0 Å². The number of carbonyl (C=O) groups is 2. The van der Waals surface area contributed by atoms with Crippen LogP contribution in [0.15, 0.2) is 24.3 Å². The third-order valence-corrected chi connectivity index (χ3v) is 5.38. The van der Waals surface area contributed by atoms with Crippen molar-refractivity contribution in [2.45, 2.75) is 52.4 Å². The summed E-state index contributed by atoms with van der Waals surface area (Å²) in [6.45, 7) is 5.45. The van der Waals surface area contributed by atoms with E-state index in [2.05, 4.69) is 5.32 Å². The molecule has 0 aromatic heterocycles. The number of amides is 2. The number of aryl methyl sites for hydroxylation is 1. The molecule has 2 amide bonds. The summed E-state index contributed by atoms with van der Waals surface area (Å²) >= 11 is 0. The third kappa shape index (κ3) is 7.03. The summed E-state index contributed by atoms with van der Waals surface area (Å²) in [6.07, 6.45) is -3.19. The Balaban J connectivity index is 1.91. The SMILES string of the molecule is CCN(CC(F)(F)F)C(=O)[C@H]1CCCN([C@H](C)C(=O)NCc2ccc(C)cc2)C1. The van der Waals surface area contributed by atoms with Gasteiger partial charge in [-0.1, -0.05) is 29.8 Å². The van der Waals surface area contributed by atoms with Gasteiger partial charge in [0.25, 0.3) is 0 Å². The first-order valence-corrected chi connectivity index (χ1v) is 10.0. The molecule has 2 rings (SSSR count). The van der Waals surface area contributed by atoms with Gasteiger partial charge in [0.1, 0.15) is 6.54 Å². The van der Waals surface area contributed by atoms with Gasteiger partial charge in [0.05, 0.1) is 12.0 Å². The summed E-state index contributed by atoms with van der Waals surface area (Å²) in [5.74, 6) is -1.15. The molecule has 0 aliphatic carbocycles. The smallest absolute Gasteiger partial charge is 0.351 e. The molecule has 5 nitrogen and oxygen atoms in total.